The second-order valence-electron chi connectivity index (χ2n) is 2.95. The first-order chi connectivity index (χ1) is 6.75. The summed E-state index contributed by atoms with van der Waals surface area (Å²) < 4.78 is 0. The normalized spacial score (nSPS) is 10.5. The summed E-state index contributed by atoms with van der Waals surface area (Å²) in [6.45, 7) is 1.60. The lowest BCUT2D eigenvalue weighted by molar-refractivity contribution is 0.286. The van der Waals surface area contributed by atoms with Crippen molar-refractivity contribution in [2.24, 2.45) is 0 Å². The lowest BCUT2D eigenvalue weighted by Crippen LogP contribution is -2.16. The minimum Gasteiger partial charge on any atom is -0.396 e. The van der Waals surface area contributed by atoms with E-state index in [2.05, 4.69) is 5.32 Å². The van der Waals surface area contributed by atoms with E-state index in [4.69, 9.17) is 28.3 Å². The Bertz CT molecular complexity index is 271. The molecule has 0 saturated heterocycles. The van der Waals surface area contributed by atoms with Gasteiger partial charge in [0.2, 0.25) is 0 Å². The molecule has 0 aliphatic carbocycles. The number of nitrogens with one attached hydrogen (secondary N) is 1. The molecule has 0 saturated carbocycles. The SMILES string of the molecule is OCCCNCc1c(Cl)cccc1Cl. The third kappa shape index (κ3) is 3.46. The van der Waals surface area contributed by atoms with Crippen molar-refractivity contribution in [3.8, 4) is 0 Å². The van der Waals surface area contributed by atoms with Gasteiger partial charge >= 0.3 is 0 Å². The van der Waals surface area contributed by atoms with Crippen LogP contribution in [0.5, 0.6) is 0 Å². The van der Waals surface area contributed by atoms with E-state index in [0.29, 0.717) is 16.6 Å². The van der Waals surface area contributed by atoms with Crippen LogP contribution in [-0.2, 0) is 6.54 Å². The maximum Gasteiger partial charge on any atom is 0.0465 e. The molecular formula is C10H13Cl2NO. The Hall–Kier alpha value is -0.280. The Kier molecular flexibility index (Phi) is 5.26. The largest absolute Gasteiger partial charge is 0.396 e. The van der Waals surface area contributed by atoms with Crippen LogP contribution < -0.4 is 5.32 Å². The fraction of sp³-hybridized carbons (Fsp3) is 0.400. The van der Waals surface area contributed by atoms with Crippen molar-refractivity contribution in [2.45, 2.75) is 13.0 Å². The number of aliphatic hydroxyl groups excluding tert-OH is 1. The molecule has 0 spiro atoms. The van der Waals surface area contributed by atoms with E-state index in [0.717, 1.165) is 18.5 Å². The third-order valence-electron chi connectivity index (χ3n) is 1.88. The molecule has 2 N–H and O–H groups in total. The van der Waals surface area contributed by atoms with Gasteiger partial charge in [-0.1, -0.05) is 29.3 Å². The molecule has 0 heterocycles. The van der Waals surface area contributed by atoms with Crippen LogP contribution in [0.3, 0.4) is 0 Å². The topological polar surface area (TPSA) is 32.3 Å². The number of halogens is 2. The van der Waals surface area contributed by atoms with E-state index in [1.165, 1.54) is 0 Å². The standard InChI is InChI=1S/C10H13Cl2NO/c11-9-3-1-4-10(12)8(9)7-13-5-2-6-14/h1,3-4,13-14H,2,5-7H2. The molecular weight excluding hydrogens is 221 g/mol. The highest BCUT2D eigenvalue weighted by Gasteiger charge is 2.03. The monoisotopic (exact) mass is 233 g/mol. The second-order valence-corrected chi connectivity index (χ2v) is 3.77. The molecule has 14 heavy (non-hydrogen) atoms. The van der Waals surface area contributed by atoms with Crippen LogP contribution in [0.1, 0.15) is 12.0 Å². The van der Waals surface area contributed by atoms with E-state index in [1.54, 1.807) is 0 Å². The summed E-state index contributed by atoms with van der Waals surface area (Å²) in [5, 5.41) is 13.1. The van der Waals surface area contributed by atoms with E-state index in [1.807, 2.05) is 18.2 Å². The van der Waals surface area contributed by atoms with Crippen LogP contribution >= 0.6 is 23.2 Å². The van der Waals surface area contributed by atoms with E-state index >= 15 is 0 Å². The maximum absolute atomic E-state index is 8.58. The molecule has 78 valence electrons. The van der Waals surface area contributed by atoms with Gasteiger partial charge < -0.3 is 10.4 Å². The third-order valence-corrected chi connectivity index (χ3v) is 2.58. The van der Waals surface area contributed by atoms with E-state index in [9.17, 15) is 0 Å². The first-order valence-electron chi connectivity index (χ1n) is 4.50. The van der Waals surface area contributed by atoms with Crippen LogP contribution in [-0.4, -0.2) is 18.3 Å². The van der Waals surface area contributed by atoms with E-state index in [-0.39, 0.29) is 6.61 Å². The van der Waals surface area contributed by atoms with Crippen molar-refractivity contribution in [3.63, 3.8) is 0 Å². The lowest BCUT2D eigenvalue weighted by atomic mass is 10.2. The zero-order valence-corrected chi connectivity index (χ0v) is 9.28. The summed E-state index contributed by atoms with van der Waals surface area (Å²) in [5.41, 5.74) is 0.911. The molecule has 2 nitrogen and oxygen atoms in total. The van der Waals surface area contributed by atoms with Gasteiger partial charge in [-0.2, -0.15) is 0 Å². The van der Waals surface area contributed by atoms with Gasteiger partial charge in [-0.25, -0.2) is 0 Å². The molecule has 0 bridgehead atoms. The summed E-state index contributed by atoms with van der Waals surface area (Å²) in [7, 11) is 0. The lowest BCUT2D eigenvalue weighted by Gasteiger charge is -2.07. The minimum atomic E-state index is 0.198. The van der Waals surface area contributed by atoms with Gasteiger partial charge in [0.15, 0.2) is 0 Å². The van der Waals surface area contributed by atoms with Gasteiger partial charge in [0.05, 0.1) is 0 Å². The number of rotatable bonds is 5. The molecule has 0 atom stereocenters. The van der Waals surface area contributed by atoms with Gasteiger partial charge in [-0.15, -0.1) is 0 Å². The van der Waals surface area contributed by atoms with Crippen molar-refractivity contribution in [3.05, 3.63) is 33.8 Å². The molecule has 0 aliphatic heterocycles. The summed E-state index contributed by atoms with van der Waals surface area (Å²) in [6.07, 6.45) is 0.738. The first-order valence-corrected chi connectivity index (χ1v) is 5.25. The second kappa shape index (κ2) is 6.25. The van der Waals surface area contributed by atoms with Gasteiger partial charge in [-0.3, -0.25) is 0 Å². The van der Waals surface area contributed by atoms with Crippen LogP contribution in [0.25, 0.3) is 0 Å². The Morgan fingerprint density at radius 3 is 2.43 bits per heavy atom. The predicted molar refractivity (Wildman–Crippen MR) is 59.9 cm³/mol. The maximum atomic E-state index is 8.58. The van der Waals surface area contributed by atoms with Crippen LogP contribution in [0.4, 0.5) is 0 Å². The average molecular weight is 234 g/mol. The highest BCUT2D eigenvalue weighted by atomic mass is 35.5. The van der Waals surface area contributed by atoms with Crippen molar-refractivity contribution in [1.82, 2.24) is 5.32 Å². The van der Waals surface area contributed by atoms with Gasteiger partial charge in [0.1, 0.15) is 0 Å². The molecule has 0 amide bonds. The van der Waals surface area contributed by atoms with Crippen molar-refractivity contribution < 1.29 is 5.11 Å². The molecule has 0 fully saturated rings. The first kappa shape index (κ1) is 11.8. The number of benzene rings is 1. The van der Waals surface area contributed by atoms with Crippen LogP contribution in [0.2, 0.25) is 10.0 Å². The Balaban J connectivity index is 2.49. The summed E-state index contributed by atoms with van der Waals surface area (Å²) in [6, 6.07) is 5.45. The smallest absolute Gasteiger partial charge is 0.0465 e. The van der Waals surface area contributed by atoms with E-state index < -0.39 is 0 Å². The van der Waals surface area contributed by atoms with Crippen LogP contribution in [0, 0.1) is 0 Å². The molecule has 1 aromatic carbocycles. The van der Waals surface area contributed by atoms with Gasteiger partial charge in [0, 0.05) is 28.8 Å². The fourth-order valence-electron chi connectivity index (χ4n) is 1.12. The summed E-state index contributed by atoms with van der Waals surface area (Å²) >= 11 is 11.9. The molecule has 0 unspecified atom stereocenters. The predicted octanol–water partition coefficient (Wildman–Crippen LogP) is 2.47. The van der Waals surface area contributed by atoms with Crippen LogP contribution in [0.15, 0.2) is 18.2 Å². The summed E-state index contributed by atoms with van der Waals surface area (Å²) in [5.74, 6) is 0. The molecule has 0 aromatic heterocycles. The Labute approximate surface area is 93.8 Å². The quantitative estimate of drug-likeness (QED) is 0.767. The number of hydrogen-bond donors (Lipinski definition) is 2. The van der Waals surface area contributed by atoms with Gasteiger partial charge in [-0.05, 0) is 25.1 Å². The average Bonchev–Trinajstić information content (AvgIpc) is 2.16. The van der Waals surface area contributed by atoms with Crippen molar-refractivity contribution in [1.29, 1.82) is 0 Å². The Morgan fingerprint density at radius 1 is 1.21 bits per heavy atom. The molecule has 1 aromatic rings. The zero-order valence-electron chi connectivity index (χ0n) is 7.76. The van der Waals surface area contributed by atoms with Gasteiger partial charge in [0.25, 0.3) is 0 Å². The minimum absolute atomic E-state index is 0.198. The molecule has 0 radical (unpaired) electrons. The molecule has 1 rings (SSSR count). The zero-order chi connectivity index (χ0) is 10.4. The highest BCUT2D eigenvalue weighted by Crippen LogP contribution is 2.23. The molecule has 4 heteroatoms. The molecule has 0 aliphatic rings. The van der Waals surface area contributed by atoms with Crippen molar-refractivity contribution >= 4 is 23.2 Å². The van der Waals surface area contributed by atoms with Crippen molar-refractivity contribution in [2.75, 3.05) is 13.2 Å². The fourth-order valence-corrected chi connectivity index (χ4v) is 1.65. The Morgan fingerprint density at radius 2 is 1.86 bits per heavy atom. The number of hydrogen-bond acceptors (Lipinski definition) is 2. The summed E-state index contributed by atoms with van der Waals surface area (Å²) in [4.78, 5) is 0. The highest BCUT2D eigenvalue weighted by molar-refractivity contribution is 6.35. The number of aliphatic hydroxyl groups is 1.